The Morgan fingerprint density at radius 3 is 2.19 bits per heavy atom. The summed E-state index contributed by atoms with van der Waals surface area (Å²) in [5.74, 6) is 4.23. The zero-order valence-electron chi connectivity index (χ0n) is 21.3. The lowest BCUT2D eigenvalue weighted by molar-refractivity contribution is -0.129. The van der Waals surface area contributed by atoms with Crippen molar-refractivity contribution in [2.24, 2.45) is 0 Å². The topological polar surface area (TPSA) is 70.8 Å². The average molecular weight is 486 g/mol. The van der Waals surface area contributed by atoms with Crippen molar-refractivity contribution in [1.82, 2.24) is 4.98 Å². The van der Waals surface area contributed by atoms with Crippen LogP contribution >= 0.6 is 0 Å². The predicted octanol–water partition coefficient (Wildman–Crippen LogP) is 7.12. The third-order valence-corrected chi connectivity index (χ3v) is 5.97. The number of carbonyl (C=O) groups excluding carboxylic acids is 1. The number of nitrogens with zero attached hydrogens (tertiary/aromatic N) is 1. The van der Waals surface area contributed by atoms with Gasteiger partial charge < -0.3 is 18.6 Å². The molecule has 0 radical (unpaired) electrons. The summed E-state index contributed by atoms with van der Waals surface area (Å²) in [6.07, 6.45) is 0.611. The van der Waals surface area contributed by atoms with Crippen LogP contribution in [0.25, 0.3) is 11.5 Å². The number of rotatable bonds is 10. The minimum absolute atomic E-state index is 0.0308. The minimum atomic E-state index is -0.862. The molecule has 0 spiro atoms. The highest BCUT2D eigenvalue weighted by molar-refractivity contribution is 5.84. The van der Waals surface area contributed by atoms with Crippen LogP contribution in [0.5, 0.6) is 23.0 Å². The van der Waals surface area contributed by atoms with Crippen LogP contribution in [-0.4, -0.2) is 23.0 Å². The van der Waals surface area contributed by atoms with Gasteiger partial charge in [-0.3, -0.25) is 4.79 Å². The molecule has 1 heterocycles. The summed E-state index contributed by atoms with van der Waals surface area (Å²) < 4.78 is 23.5. The van der Waals surface area contributed by atoms with Crippen LogP contribution in [0.2, 0.25) is 0 Å². The predicted molar refractivity (Wildman–Crippen MR) is 139 cm³/mol. The third kappa shape index (κ3) is 6.13. The van der Waals surface area contributed by atoms with E-state index in [0.717, 1.165) is 34.1 Å². The first kappa shape index (κ1) is 25.0. The Kier molecular flexibility index (Phi) is 7.44. The Bertz CT molecular complexity index is 1320. The van der Waals surface area contributed by atoms with Gasteiger partial charge in [-0.05, 0) is 94.8 Å². The number of oxazole rings is 1. The lowest BCUT2D eigenvalue weighted by atomic mass is 10.1. The van der Waals surface area contributed by atoms with Gasteiger partial charge in [-0.2, -0.15) is 0 Å². The molecule has 0 atom stereocenters. The molecule has 6 heteroatoms. The Labute approximate surface area is 211 Å². The van der Waals surface area contributed by atoms with E-state index in [4.69, 9.17) is 18.6 Å². The van der Waals surface area contributed by atoms with Crippen molar-refractivity contribution in [2.45, 2.75) is 46.6 Å². The zero-order chi connectivity index (χ0) is 25.7. The number of carbonyl (C=O) groups is 1. The molecule has 0 amide bonds. The number of ether oxygens (including phenoxy) is 3. The van der Waals surface area contributed by atoms with Crippen molar-refractivity contribution in [1.29, 1.82) is 0 Å². The molecule has 0 saturated heterocycles. The fourth-order valence-electron chi connectivity index (χ4n) is 3.48. The fourth-order valence-corrected chi connectivity index (χ4v) is 3.48. The maximum absolute atomic E-state index is 11.7. The monoisotopic (exact) mass is 485 g/mol. The highest BCUT2D eigenvalue weighted by atomic mass is 16.5. The summed E-state index contributed by atoms with van der Waals surface area (Å²) in [4.78, 5) is 16.3. The molecule has 0 N–H and O–H groups in total. The first-order valence-electron chi connectivity index (χ1n) is 11.9. The molecule has 1 aromatic heterocycles. The third-order valence-electron chi connectivity index (χ3n) is 5.97. The van der Waals surface area contributed by atoms with Crippen molar-refractivity contribution >= 4 is 5.78 Å². The van der Waals surface area contributed by atoms with Crippen LogP contribution in [-0.2, 0) is 11.2 Å². The van der Waals surface area contributed by atoms with Crippen LogP contribution < -0.4 is 14.2 Å². The number of benzene rings is 3. The van der Waals surface area contributed by atoms with E-state index in [2.05, 4.69) is 4.98 Å². The van der Waals surface area contributed by atoms with Crippen molar-refractivity contribution in [3.05, 3.63) is 89.8 Å². The van der Waals surface area contributed by atoms with Crippen LogP contribution in [0.3, 0.4) is 0 Å². The van der Waals surface area contributed by atoms with E-state index in [0.29, 0.717) is 30.4 Å². The summed E-state index contributed by atoms with van der Waals surface area (Å²) in [7, 11) is 0. The lowest BCUT2D eigenvalue weighted by Gasteiger charge is -2.23. The molecule has 3 aromatic carbocycles. The van der Waals surface area contributed by atoms with E-state index >= 15 is 0 Å². The molecule has 0 aliphatic heterocycles. The second-order valence-electron chi connectivity index (χ2n) is 9.15. The Hall–Kier alpha value is -4.06. The number of hydrogen-bond donors (Lipinski definition) is 0. The number of hydrogen-bond acceptors (Lipinski definition) is 6. The van der Waals surface area contributed by atoms with Crippen LogP contribution in [0.4, 0.5) is 0 Å². The average Bonchev–Trinajstić information content (AvgIpc) is 3.22. The van der Waals surface area contributed by atoms with E-state index in [-0.39, 0.29) is 5.78 Å². The molecule has 36 heavy (non-hydrogen) atoms. The Morgan fingerprint density at radius 2 is 1.53 bits per heavy atom. The van der Waals surface area contributed by atoms with Crippen molar-refractivity contribution in [3.63, 3.8) is 0 Å². The van der Waals surface area contributed by atoms with Gasteiger partial charge in [-0.15, -0.1) is 0 Å². The molecule has 0 aliphatic carbocycles. The van der Waals surface area contributed by atoms with Crippen LogP contribution in [0.15, 0.2) is 77.2 Å². The number of Topliss-reactive ketones (excluding diaryl/α,β-unsaturated/α-hetero) is 1. The number of aryl methyl sites for hydroxylation is 2. The maximum atomic E-state index is 11.7. The van der Waals surface area contributed by atoms with Crippen molar-refractivity contribution in [2.75, 3.05) is 6.61 Å². The summed E-state index contributed by atoms with van der Waals surface area (Å²) in [6, 6.07) is 22.9. The van der Waals surface area contributed by atoms with Gasteiger partial charge in [0.2, 0.25) is 5.89 Å². The molecule has 0 aliphatic rings. The van der Waals surface area contributed by atoms with Gasteiger partial charge in [0.15, 0.2) is 11.4 Å². The summed E-state index contributed by atoms with van der Waals surface area (Å²) >= 11 is 0. The normalized spacial score (nSPS) is 11.2. The van der Waals surface area contributed by atoms with Gasteiger partial charge in [-0.25, -0.2) is 4.98 Å². The number of para-hydroxylation sites is 1. The summed E-state index contributed by atoms with van der Waals surface area (Å²) in [5, 5.41) is 0. The maximum Gasteiger partial charge on any atom is 0.226 e. The standard InChI is InChI=1S/C30H31NO5/c1-20-8-6-7-9-28(20)35-25-12-10-23(11-13-25)29-31-27(21(2)34-29)18-19-33-24-14-16-26(17-15-24)36-30(4,5)22(3)32/h6-17H,18-19H2,1-5H3. The highest BCUT2D eigenvalue weighted by Crippen LogP contribution is 2.28. The van der Waals surface area contributed by atoms with E-state index < -0.39 is 5.60 Å². The smallest absolute Gasteiger partial charge is 0.226 e. The Morgan fingerprint density at radius 1 is 0.889 bits per heavy atom. The van der Waals surface area contributed by atoms with Gasteiger partial charge in [0.05, 0.1) is 12.3 Å². The first-order chi connectivity index (χ1) is 17.2. The molecule has 0 fully saturated rings. The van der Waals surface area contributed by atoms with E-state index in [1.807, 2.05) is 74.5 Å². The SMILES string of the molecule is CC(=O)C(C)(C)Oc1ccc(OCCc2nc(-c3ccc(Oc4ccccc4C)cc3)oc2C)cc1. The van der Waals surface area contributed by atoms with Crippen LogP contribution in [0.1, 0.15) is 37.8 Å². The molecule has 6 nitrogen and oxygen atoms in total. The van der Waals surface area contributed by atoms with E-state index in [1.54, 1.807) is 26.0 Å². The number of ketones is 1. The minimum Gasteiger partial charge on any atom is -0.493 e. The second kappa shape index (κ2) is 10.7. The molecule has 4 aromatic rings. The Balaban J connectivity index is 1.33. The van der Waals surface area contributed by atoms with Gasteiger partial charge in [0.1, 0.15) is 28.8 Å². The largest absolute Gasteiger partial charge is 0.493 e. The van der Waals surface area contributed by atoms with Gasteiger partial charge in [0, 0.05) is 12.0 Å². The first-order valence-corrected chi connectivity index (χ1v) is 11.9. The fraction of sp³-hybridized carbons (Fsp3) is 0.267. The van der Waals surface area contributed by atoms with Gasteiger partial charge in [-0.1, -0.05) is 18.2 Å². The molecular formula is C30H31NO5. The second-order valence-corrected chi connectivity index (χ2v) is 9.15. The quantitative estimate of drug-likeness (QED) is 0.238. The highest BCUT2D eigenvalue weighted by Gasteiger charge is 2.25. The lowest BCUT2D eigenvalue weighted by Crippen LogP contribution is -2.36. The van der Waals surface area contributed by atoms with Crippen molar-refractivity contribution < 1.29 is 23.4 Å². The summed E-state index contributed by atoms with van der Waals surface area (Å²) in [6.45, 7) is 9.40. The van der Waals surface area contributed by atoms with Crippen molar-refractivity contribution in [3.8, 4) is 34.5 Å². The van der Waals surface area contributed by atoms with E-state index in [1.165, 1.54) is 6.92 Å². The van der Waals surface area contributed by atoms with Gasteiger partial charge >= 0.3 is 0 Å². The van der Waals surface area contributed by atoms with E-state index in [9.17, 15) is 4.79 Å². The molecular weight excluding hydrogens is 454 g/mol. The molecule has 0 unspecified atom stereocenters. The molecule has 0 saturated carbocycles. The molecule has 4 rings (SSSR count). The zero-order valence-corrected chi connectivity index (χ0v) is 21.3. The van der Waals surface area contributed by atoms with Crippen LogP contribution in [0, 0.1) is 13.8 Å². The molecule has 186 valence electrons. The van der Waals surface area contributed by atoms with Gasteiger partial charge in [0.25, 0.3) is 0 Å². The molecule has 0 bridgehead atoms. The number of aromatic nitrogens is 1. The summed E-state index contributed by atoms with van der Waals surface area (Å²) in [5.41, 5.74) is 1.96.